The molecule has 2 rings (SSSR count). The van der Waals surface area contributed by atoms with Gasteiger partial charge in [0.05, 0.1) is 19.9 Å². The molecule has 0 bridgehead atoms. The van der Waals surface area contributed by atoms with Gasteiger partial charge >= 0.3 is 0 Å². The zero-order valence-electron chi connectivity index (χ0n) is 15.7. The van der Waals surface area contributed by atoms with E-state index in [1.165, 1.54) is 7.11 Å². The average molecular weight is 389 g/mol. The van der Waals surface area contributed by atoms with Crippen LogP contribution in [0.1, 0.15) is 12.5 Å². The molecule has 8 heteroatoms. The van der Waals surface area contributed by atoms with E-state index in [4.69, 9.17) is 26.4 Å². The molecule has 1 amide bonds. The van der Waals surface area contributed by atoms with Gasteiger partial charge in [-0.25, -0.2) is 0 Å². The van der Waals surface area contributed by atoms with Gasteiger partial charge in [-0.2, -0.15) is 0 Å². The molecular formula is C19H23N3O4S. The van der Waals surface area contributed by atoms with Crippen LogP contribution in [0.15, 0.2) is 42.5 Å². The fraction of sp³-hybridized carbons (Fsp3) is 0.263. The number of anilines is 1. The molecule has 0 aromatic heterocycles. The monoisotopic (exact) mass is 389 g/mol. The van der Waals surface area contributed by atoms with Gasteiger partial charge in [0.25, 0.3) is 5.91 Å². The zero-order valence-corrected chi connectivity index (χ0v) is 16.5. The van der Waals surface area contributed by atoms with Gasteiger partial charge in [-0.1, -0.05) is 18.2 Å². The molecule has 1 unspecified atom stereocenters. The number of amides is 1. The summed E-state index contributed by atoms with van der Waals surface area (Å²) in [5.74, 6) is 1.28. The molecule has 0 fully saturated rings. The Balaban J connectivity index is 1.89. The van der Waals surface area contributed by atoms with Crippen LogP contribution in [0.3, 0.4) is 0 Å². The Morgan fingerprint density at radius 3 is 2.33 bits per heavy atom. The lowest BCUT2D eigenvalue weighted by Crippen LogP contribution is -2.48. The first kappa shape index (κ1) is 20.3. The first-order valence-corrected chi connectivity index (χ1v) is 8.66. The summed E-state index contributed by atoms with van der Waals surface area (Å²) in [4.78, 5) is 12.2. The molecule has 0 aliphatic heterocycles. The lowest BCUT2D eigenvalue weighted by Gasteiger charge is -2.18. The van der Waals surface area contributed by atoms with Crippen LogP contribution in [0.4, 0.5) is 5.69 Å². The van der Waals surface area contributed by atoms with Gasteiger partial charge in [-0.15, -0.1) is 0 Å². The number of nitrogens with one attached hydrogen (secondary N) is 3. The van der Waals surface area contributed by atoms with Crippen molar-refractivity contribution in [1.29, 1.82) is 0 Å². The second-order valence-corrected chi connectivity index (χ2v) is 6.09. The van der Waals surface area contributed by atoms with E-state index >= 15 is 0 Å². The summed E-state index contributed by atoms with van der Waals surface area (Å²) in [6, 6.07) is 12.8. The number of rotatable bonds is 6. The summed E-state index contributed by atoms with van der Waals surface area (Å²) in [5.41, 5.74) is 6.91. The van der Waals surface area contributed by atoms with E-state index in [1.807, 2.05) is 31.2 Å². The Labute approximate surface area is 164 Å². The standard InChI is InChI=1S/C19H23N3O4S/c1-12-9-10-15(24-3)14(11-12)20-19(27)22-21-18(23)13(2)26-17-8-6-5-7-16(17)25-4/h5-11,13H,1-4H3,(H,21,23)(H2,20,22,27). The lowest BCUT2D eigenvalue weighted by molar-refractivity contribution is -0.127. The fourth-order valence-corrected chi connectivity index (χ4v) is 2.41. The van der Waals surface area contributed by atoms with E-state index in [2.05, 4.69) is 16.2 Å². The third kappa shape index (κ3) is 5.75. The molecule has 0 spiro atoms. The Kier molecular flexibility index (Phi) is 7.25. The van der Waals surface area contributed by atoms with Crippen LogP contribution in [0.25, 0.3) is 0 Å². The molecule has 0 aliphatic rings. The van der Waals surface area contributed by atoms with E-state index in [0.29, 0.717) is 22.9 Å². The topological polar surface area (TPSA) is 80.9 Å². The third-order valence-corrected chi connectivity index (χ3v) is 3.85. The Bertz CT molecular complexity index is 813. The number of ether oxygens (including phenoxy) is 3. The van der Waals surface area contributed by atoms with Crippen LogP contribution < -0.4 is 30.4 Å². The zero-order chi connectivity index (χ0) is 19.8. The number of carbonyl (C=O) groups excluding carboxylic acids is 1. The van der Waals surface area contributed by atoms with Gasteiger partial charge in [0.15, 0.2) is 22.7 Å². The summed E-state index contributed by atoms with van der Waals surface area (Å²) in [7, 11) is 3.11. The number of carbonyl (C=O) groups is 1. The normalized spacial score (nSPS) is 11.1. The van der Waals surface area contributed by atoms with Crippen molar-refractivity contribution >= 4 is 28.9 Å². The predicted molar refractivity (Wildman–Crippen MR) is 108 cm³/mol. The van der Waals surface area contributed by atoms with Crippen molar-refractivity contribution in [3.05, 3.63) is 48.0 Å². The molecule has 0 saturated heterocycles. The van der Waals surface area contributed by atoms with E-state index in [0.717, 1.165) is 5.56 Å². The van der Waals surface area contributed by atoms with E-state index in [9.17, 15) is 4.79 Å². The summed E-state index contributed by atoms with van der Waals surface area (Å²) >= 11 is 5.21. The second-order valence-electron chi connectivity index (χ2n) is 5.68. The maximum atomic E-state index is 12.2. The van der Waals surface area contributed by atoms with Crippen LogP contribution >= 0.6 is 12.2 Å². The summed E-state index contributed by atoms with van der Waals surface area (Å²) in [6.45, 7) is 3.59. The number of hydrogen-bond donors (Lipinski definition) is 3. The lowest BCUT2D eigenvalue weighted by atomic mass is 10.2. The number of aryl methyl sites for hydroxylation is 1. The Morgan fingerprint density at radius 1 is 1.00 bits per heavy atom. The quantitative estimate of drug-likeness (QED) is 0.518. The molecule has 1 atom stereocenters. The number of hydrazine groups is 1. The van der Waals surface area contributed by atoms with Gasteiger partial charge in [-0.05, 0) is 55.9 Å². The maximum Gasteiger partial charge on any atom is 0.279 e. The van der Waals surface area contributed by atoms with Crippen molar-refractivity contribution < 1.29 is 19.0 Å². The van der Waals surface area contributed by atoms with Crippen molar-refractivity contribution in [1.82, 2.24) is 10.9 Å². The third-order valence-electron chi connectivity index (χ3n) is 3.64. The summed E-state index contributed by atoms with van der Waals surface area (Å²) in [6.07, 6.45) is -0.759. The molecule has 0 radical (unpaired) electrons. The highest BCUT2D eigenvalue weighted by Gasteiger charge is 2.17. The van der Waals surface area contributed by atoms with Crippen molar-refractivity contribution in [3.8, 4) is 17.2 Å². The van der Waals surface area contributed by atoms with Gasteiger partial charge in [0.2, 0.25) is 0 Å². The number of thiocarbonyl (C=S) groups is 1. The van der Waals surface area contributed by atoms with Gasteiger partial charge in [-0.3, -0.25) is 15.6 Å². The first-order valence-electron chi connectivity index (χ1n) is 8.25. The minimum atomic E-state index is -0.759. The molecular weight excluding hydrogens is 366 g/mol. The first-order chi connectivity index (χ1) is 12.9. The van der Waals surface area contributed by atoms with Crippen molar-refractivity contribution in [2.24, 2.45) is 0 Å². The number of para-hydroxylation sites is 2. The van der Waals surface area contributed by atoms with E-state index in [-0.39, 0.29) is 11.0 Å². The van der Waals surface area contributed by atoms with Gasteiger partial charge in [0.1, 0.15) is 5.75 Å². The van der Waals surface area contributed by atoms with Crippen molar-refractivity contribution in [2.45, 2.75) is 20.0 Å². The SMILES string of the molecule is COc1ccc(C)cc1NC(=S)NNC(=O)C(C)Oc1ccccc1OC. The maximum absolute atomic E-state index is 12.2. The van der Waals surface area contributed by atoms with Crippen LogP contribution in [-0.2, 0) is 4.79 Å². The molecule has 0 heterocycles. The van der Waals surface area contributed by atoms with Crippen LogP contribution in [0.2, 0.25) is 0 Å². The van der Waals surface area contributed by atoms with Crippen molar-refractivity contribution in [2.75, 3.05) is 19.5 Å². The molecule has 2 aromatic rings. The number of hydrogen-bond acceptors (Lipinski definition) is 5. The highest BCUT2D eigenvalue weighted by atomic mass is 32.1. The van der Waals surface area contributed by atoms with Gasteiger partial charge in [0, 0.05) is 0 Å². The molecule has 3 N–H and O–H groups in total. The van der Waals surface area contributed by atoms with Gasteiger partial charge < -0.3 is 19.5 Å². The number of methoxy groups -OCH3 is 2. The number of benzene rings is 2. The van der Waals surface area contributed by atoms with Crippen LogP contribution in [0.5, 0.6) is 17.2 Å². The largest absolute Gasteiger partial charge is 0.495 e. The Hall–Kier alpha value is -3.00. The Morgan fingerprint density at radius 2 is 1.67 bits per heavy atom. The minimum absolute atomic E-state index is 0.219. The molecule has 7 nitrogen and oxygen atoms in total. The summed E-state index contributed by atoms with van der Waals surface area (Å²) in [5, 5.41) is 3.20. The minimum Gasteiger partial charge on any atom is -0.495 e. The van der Waals surface area contributed by atoms with E-state index < -0.39 is 6.10 Å². The van der Waals surface area contributed by atoms with Crippen LogP contribution in [0, 0.1) is 6.92 Å². The smallest absolute Gasteiger partial charge is 0.279 e. The predicted octanol–water partition coefficient (Wildman–Crippen LogP) is 2.80. The molecule has 27 heavy (non-hydrogen) atoms. The van der Waals surface area contributed by atoms with Crippen LogP contribution in [-0.4, -0.2) is 31.3 Å². The highest BCUT2D eigenvalue weighted by molar-refractivity contribution is 7.80. The molecule has 2 aromatic carbocycles. The second kappa shape index (κ2) is 9.63. The fourth-order valence-electron chi connectivity index (χ4n) is 2.25. The summed E-state index contributed by atoms with van der Waals surface area (Å²) < 4.78 is 16.1. The van der Waals surface area contributed by atoms with Crippen molar-refractivity contribution in [3.63, 3.8) is 0 Å². The molecule has 0 saturated carbocycles. The average Bonchev–Trinajstić information content (AvgIpc) is 2.66. The highest BCUT2D eigenvalue weighted by Crippen LogP contribution is 2.27. The molecule has 0 aliphatic carbocycles. The molecule has 144 valence electrons. The van der Waals surface area contributed by atoms with E-state index in [1.54, 1.807) is 32.2 Å².